The number of benzene rings is 1. The van der Waals surface area contributed by atoms with E-state index in [9.17, 15) is 24.8 Å². The first-order valence-electron chi connectivity index (χ1n) is 5.22. The Balaban J connectivity index is 3.14. The topological polar surface area (TPSA) is 138 Å². The first-order chi connectivity index (χ1) is 8.82. The highest BCUT2D eigenvalue weighted by molar-refractivity contribution is 5.76. The molecule has 1 aromatic carbocycles. The molecule has 0 aliphatic rings. The number of aryl methyl sites for hydroxylation is 1. The number of nitro benzene ring substituents is 1. The number of nitrogens with zero attached hydrogens (tertiary/aromatic N) is 1. The highest BCUT2D eigenvalue weighted by Gasteiger charge is 2.26. The minimum absolute atomic E-state index is 0.0899. The van der Waals surface area contributed by atoms with Crippen molar-refractivity contribution in [3.05, 3.63) is 39.4 Å². The van der Waals surface area contributed by atoms with E-state index in [4.69, 9.17) is 10.2 Å². The lowest BCUT2D eigenvalue weighted by Gasteiger charge is -2.08. The van der Waals surface area contributed by atoms with Crippen LogP contribution in [-0.2, 0) is 16.0 Å². The van der Waals surface area contributed by atoms with Gasteiger partial charge in [-0.3, -0.25) is 14.9 Å². The number of carbonyl (C=O) groups is 2. The van der Waals surface area contributed by atoms with E-state index in [-0.39, 0.29) is 18.4 Å². The molecule has 8 heteroatoms. The molecule has 0 aliphatic heterocycles. The molecule has 19 heavy (non-hydrogen) atoms. The van der Waals surface area contributed by atoms with Crippen molar-refractivity contribution >= 4 is 17.6 Å². The first-order valence-corrected chi connectivity index (χ1v) is 5.22. The fraction of sp³-hybridized carbons (Fsp3) is 0.273. The number of aliphatic hydroxyl groups excluding tert-OH is 1. The van der Waals surface area contributed by atoms with Gasteiger partial charge < -0.3 is 15.3 Å². The summed E-state index contributed by atoms with van der Waals surface area (Å²) in [6.45, 7) is 0. The standard InChI is InChI=1S/C11H11NO7/c13-9(14)4-2-6-1-3-8(12(18)19)7(5-6)10(15)11(16)17/h1,3,5,10,15H,2,4H2,(H,13,14)(H,16,17). The van der Waals surface area contributed by atoms with Crippen LogP contribution in [0.1, 0.15) is 23.7 Å². The van der Waals surface area contributed by atoms with Crippen molar-refractivity contribution < 1.29 is 29.8 Å². The molecule has 0 aromatic heterocycles. The number of hydrogen-bond acceptors (Lipinski definition) is 5. The number of nitro groups is 1. The molecule has 3 N–H and O–H groups in total. The smallest absolute Gasteiger partial charge is 0.337 e. The van der Waals surface area contributed by atoms with E-state index in [1.54, 1.807) is 0 Å². The van der Waals surface area contributed by atoms with E-state index >= 15 is 0 Å². The third-order valence-corrected chi connectivity index (χ3v) is 2.44. The fourth-order valence-electron chi connectivity index (χ4n) is 1.53. The second kappa shape index (κ2) is 5.91. The van der Waals surface area contributed by atoms with Gasteiger partial charge in [0.2, 0.25) is 0 Å². The van der Waals surface area contributed by atoms with E-state index < -0.39 is 28.7 Å². The van der Waals surface area contributed by atoms with E-state index in [1.807, 2.05) is 0 Å². The minimum atomic E-state index is -2.02. The van der Waals surface area contributed by atoms with Crippen LogP contribution in [0.4, 0.5) is 5.69 Å². The van der Waals surface area contributed by atoms with Crippen molar-refractivity contribution in [2.45, 2.75) is 18.9 Å². The zero-order valence-electron chi connectivity index (χ0n) is 9.65. The number of carboxylic acids is 2. The zero-order chi connectivity index (χ0) is 14.6. The molecule has 0 bridgehead atoms. The molecule has 0 heterocycles. The maximum Gasteiger partial charge on any atom is 0.337 e. The van der Waals surface area contributed by atoms with Crippen LogP contribution in [0, 0.1) is 10.1 Å². The van der Waals surface area contributed by atoms with Gasteiger partial charge in [-0.1, -0.05) is 6.07 Å². The van der Waals surface area contributed by atoms with Crippen molar-refractivity contribution in [2.24, 2.45) is 0 Å². The van der Waals surface area contributed by atoms with Crippen LogP contribution in [0.2, 0.25) is 0 Å². The molecular formula is C11H11NO7. The average Bonchev–Trinajstić information content (AvgIpc) is 2.34. The van der Waals surface area contributed by atoms with Crippen LogP contribution in [0.5, 0.6) is 0 Å². The predicted octanol–water partition coefficient (Wildman–Crippen LogP) is 0.730. The number of carboxylic acid groups (broad SMARTS) is 2. The fourth-order valence-corrected chi connectivity index (χ4v) is 1.53. The van der Waals surface area contributed by atoms with Crippen molar-refractivity contribution in [3.8, 4) is 0 Å². The largest absolute Gasteiger partial charge is 0.481 e. The maximum absolute atomic E-state index is 10.7. The van der Waals surface area contributed by atoms with Gasteiger partial charge in [0.05, 0.1) is 10.5 Å². The van der Waals surface area contributed by atoms with Crippen LogP contribution in [0.25, 0.3) is 0 Å². The summed E-state index contributed by atoms with van der Waals surface area (Å²) in [5.74, 6) is -2.66. The molecule has 102 valence electrons. The third kappa shape index (κ3) is 3.75. The molecule has 0 fully saturated rings. The van der Waals surface area contributed by atoms with Crippen LogP contribution in [-0.4, -0.2) is 32.2 Å². The highest BCUT2D eigenvalue weighted by Crippen LogP contribution is 2.27. The summed E-state index contributed by atoms with van der Waals surface area (Å²) in [6.07, 6.45) is -2.13. The van der Waals surface area contributed by atoms with E-state index in [0.717, 1.165) is 12.1 Å². The van der Waals surface area contributed by atoms with Crippen LogP contribution >= 0.6 is 0 Å². The second-order valence-corrected chi connectivity index (χ2v) is 3.78. The number of aliphatic carboxylic acids is 2. The Bertz CT molecular complexity index is 526. The molecule has 8 nitrogen and oxygen atoms in total. The number of rotatable bonds is 6. The van der Waals surface area contributed by atoms with Gasteiger partial charge in [0, 0.05) is 12.5 Å². The summed E-state index contributed by atoms with van der Waals surface area (Å²) in [6, 6.07) is 3.53. The lowest BCUT2D eigenvalue weighted by molar-refractivity contribution is -0.386. The first kappa shape index (κ1) is 14.6. The Morgan fingerprint density at radius 3 is 2.42 bits per heavy atom. The van der Waals surface area contributed by atoms with Gasteiger partial charge in [0.1, 0.15) is 0 Å². The summed E-state index contributed by atoms with van der Waals surface area (Å²) < 4.78 is 0. The molecule has 0 radical (unpaired) electrons. The van der Waals surface area contributed by atoms with Gasteiger partial charge in [0.25, 0.3) is 5.69 Å². The minimum Gasteiger partial charge on any atom is -0.481 e. The normalized spacial score (nSPS) is 11.8. The lowest BCUT2D eigenvalue weighted by Crippen LogP contribution is -2.13. The maximum atomic E-state index is 10.7. The SMILES string of the molecule is O=C(O)CCc1ccc([N+](=O)[O-])c(C(O)C(=O)O)c1. The molecule has 1 unspecified atom stereocenters. The van der Waals surface area contributed by atoms with Crippen molar-refractivity contribution in [1.82, 2.24) is 0 Å². The van der Waals surface area contributed by atoms with Crippen LogP contribution in [0.15, 0.2) is 18.2 Å². The number of hydrogen-bond donors (Lipinski definition) is 3. The number of aliphatic hydroxyl groups is 1. The van der Waals surface area contributed by atoms with Gasteiger partial charge in [-0.25, -0.2) is 4.79 Å². The van der Waals surface area contributed by atoms with Gasteiger partial charge in [-0.2, -0.15) is 0 Å². The quantitative estimate of drug-likeness (QED) is 0.511. The predicted molar refractivity (Wildman–Crippen MR) is 61.6 cm³/mol. The Labute approximate surface area is 107 Å². The molecule has 0 saturated carbocycles. The van der Waals surface area contributed by atoms with Crippen LogP contribution in [0.3, 0.4) is 0 Å². The summed E-state index contributed by atoms with van der Waals surface area (Å²) in [5, 5.41) is 37.4. The molecule has 0 aliphatic carbocycles. The average molecular weight is 269 g/mol. The van der Waals surface area contributed by atoms with Crippen molar-refractivity contribution in [3.63, 3.8) is 0 Å². The molecule has 0 saturated heterocycles. The van der Waals surface area contributed by atoms with Crippen molar-refractivity contribution in [1.29, 1.82) is 0 Å². The van der Waals surface area contributed by atoms with E-state index in [1.165, 1.54) is 6.07 Å². The lowest BCUT2D eigenvalue weighted by atomic mass is 10.0. The Kier molecular flexibility index (Phi) is 4.54. The molecular weight excluding hydrogens is 258 g/mol. The van der Waals surface area contributed by atoms with Crippen molar-refractivity contribution in [2.75, 3.05) is 0 Å². The molecule has 0 amide bonds. The monoisotopic (exact) mass is 269 g/mol. The summed E-state index contributed by atoms with van der Waals surface area (Å²) in [7, 11) is 0. The molecule has 1 rings (SSSR count). The zero-order valence-corrected chi connectivity index (χ0v) is 9.65. The van der Waals surface area contributed by atoms with E-state index in [2.05, 4.69) is 0 Å². The van der Waals surface area contributed by atoms with Gasteiger partial charge in [-0.05, 0) is 18.1 Å². The van der Waals surface area contributed by atoms with Crippen LogP contribution < -0.4 is 0 Å². The summed E-state index contributed by atoms with van der Waals surface area (Å²) in [5.41, 5.74) is -0.474. The third-order valence-electron chi connectivity index (χ3n) is 2.44. The summed E-state index contributed by atoms with van der Waals surface area (Å²) >= 11 is 0. The Morgan fingerprint density at radius 2 is 1.95 bits per heavy atom. The van der Waals surface area contributed by atoms with Gasteiger partial charge in [0.15, 0.2) is 6.10 Å². The van der Waals surface area contributed by atoms with Gasteiger partial charge in [-0.15, -0.1) is 0 Å². The molecule has 1 aromatic rings. The second-order valence-electron chi connectivity index (χ2n) is 3.78. The summed E-state index contributed by atoms with van der Waals surface area (Å²) in [4.78, 5) is 31.0. The molecule has 1 atom stereocenters. The highest BCUT2D eigenvalue weighted by atomic mass is 16.6. The molecule has 0 spiro atoms. The Morgan fingerprint density at radius 1 is 1.32 bits per heavy atom. The van der Waals surface area contributed by atoms with Gasteiger partial charge >= 0.3 is 11.9 Å². The Hall–Kier alpha value is -2.48. The van der Waals surface area contributed by atoms with E-state index in [0.29, 0.717) is 5.56 Å².